The molecule has 1 aromatic carbocycles. The van der Waals surface area contributed by atoms with E-state index >= 15 is 0 Å². The monoisotopic (exact) mass is 240 g/mol. The Kier molecular flexibility index (Phi) is 4.96. The summed E-state index contributed by atoms with van der Waals surface area (Å²) in [5, 5.41) is 0. The van der Waals surface area contributed by atoms with Crippen LogP contribution in [0.5, 0.6) is 0 Å². The van der Waals surface area contributed by atoms with Crippen LogP contribution in [0, 0.1) is 0 Å². The van der Waals surface area contributed by atoms with E-state index in [0.29, 0.717) is 12.4 Å². The lowest BCUT2D eigenvalue weighted by atomic mass is 10.2. The predicted molar refractivity (Wildman–Crippen MR) is 70.1 cm³/mol. The number of benzene rings is 1. The molecule has 0 amide bonds. The highest BCUT2D eigenvalue weighted by Crippen LogP contribution is 2.03. The fraction of sp³-hybridized carbons (Fsp3) is 0.500. The number of nitrogens with zero attached hydrogens (tertiary/aromatic N) is 2. The van der Waals surface area contributed by atoms with Crippen LogP contribution < -0.4 is 0 Å². The molecule has 0 N–H and O–H groups in total. The van der Waals surface area contributed by atoms with Gasteiger partial charge in [-0.2, -0.15) is 0 Å². The second kappa shape index (κ2) is 6.01. The van der Waals surface area contributed by atoms with Crippen molar-refractivity contribution >= 4 is 9.73 Å². The minimum Gasteiger partial charge on any atom is -0.290 e. The van der Waals surface area contributed by atoms with Gasteiger partial charge in [-0.1, -0.05) is 30.3 Å². The van der Waals surface area contributed by atoms with Crippen LogP contribution in [-0.4, -0.2) is 41.9 Å². The minimum atomic E-state index is -2.04. The second-order valence-corrected chi connectivity index (χ2v) is 6.83. The van der Waals surface area contributed by atoms with E-state index in [2.05, 4.69) is 16.5 Å². The van der Waals surface area contributed by atoms with Gasteiger partial charge >= 0.3 is 0 Å². The first-order chi connectivity index (χ1) is 7.49. The van der Waals surface area contributed by atoms with Crippen molar-refractivity contribution in [2.45, 2.75) is 6.42 Å². The molecule has 0 aliphatic carbocycles. The first-order valence-electron chi connectivity index (χ1n) is 5.34. The molecule has 1 aromatic rings. The largest absolute Gasteiger partial charge is 0.290 e. The first-order valence-corrected chi connectivity index (χ1v) is 7.43. The van der Waals surface area contributed by atoms with E-state index < -0.39 is 9.73 Å². The summed E-state index contributed by atoms with van der Waals surface area (Å²) >= 11 is 0. The zero-order valence-corrected chi connectivity index (χ0v) is 11.0. The molecule has 0 aromatic heterocycles. The van der Waals surface area contributed by atoms with Crippen molar-refractivity contribution in [1.82, 2.24) is 4.90 Å². The standard InChI is InChI=1S/C12H20N2OS/c1-14(2)11-13-16(3,15)10-9-12-7-5-4-6-8-12/h4-8H,9-11H2,1-3H3. The fourth-order valence-corrected chi connectivity index (χ4v) is 2.47. The summed E-state index contributed by atoms with van der Waals surface area (Å²) in [4.78, 5) is 1.92. The van der Waals surface area contributed by atoms with E-state index in [0.717, 1.165) is 6.42 Å². The minimum absolute atomic E-state index is 0.532. The Labute approximate surface area is 98.7 Å². The SMILES string of the molecule is CN(C)CN=S(C)(=O)CCc1ccccc1. The third-order valence-electron chi connectivity index (χ3n) is 2.23. The van der Waals surface area contributed by atoms with Crippen molar-refractivity contribution in [3.8, 4) is 0 Å². The van der Waals surface area contributed by atoms with Crippen LogP contribution >= 0.6 is 0 Å². The fourth-order valence-electron chi connectivity index (χ4n) is 1.25. The van der Waals surface area contributed by atoms with Crippen LogP contribution in [0.1, 0.15) is 5.56 Å². The van der Waals surface area contributed by atoms with Crippen LogP contribution in [0.25, 0.3) is 0 Å². The van der Waals surface area contributed by atoms with Crippen LogP contribution in [-0.2, 0) is 16.1 Å². The number of aryl methyl sites for hydroxylation is 1. The molecule has 1 atom stereocenters. The van der Waals surface area contributed by atoms with Crippen molar-refractivity contribution in [1.29, 1.82) is 0 Å². The Hall–Kier alpha value is -0.870. The highest BCUT2D eigenvalue weighted by molar-refractivity contribution is 7.92. The van der Waals surface area contributed by atoms with Gasteiger partial charge in [0.1, 0.15) is 0 Å². The number of hydrogen-bond acceptors (Lipinski definition) is 3. The molecule has 90 valence electrons. The predicted octanol–water partition coefficient (Wildman–Crippen LogP) is 1.85. The maximum Gasteiger partial charge on any atom is 0.1000 e. The topological polar surface area (TPSA) is 32.7 Å². The van der Waals surface area contributed by atoms with E-state index in [4.69, 9.17) is 0 Å². The zero-order chi connectivity index (χ0) is 12.0. The molecule has 0 aliphatic heterocycles. The van der Waals surface area contributed by atoms with E-state index in [1.807, 2.05) is 37.2 Å². The van der Waals surface area contributed by atoms with E-state index in [-0.39, 0.29) is 0 Å². The van der Waals surface area contributed by atoms with Gasteiger partial charge in [0.2, 0.25) is 0 Å². The van der Waals surface area contributed by atoms with E-state index in [1.54, 1.807) is 6.26 Å². The lowest BCUT2D eigenvalue weighted by Gasteiger charge is -2.08. The third-order valence-corrected chi connectivity index (χ3v) is 3.85. The Morgan fingerprint density at radius 2 is 1.88 bits per heavy atom. The summed E-state index contributed by atoms with van der Waals surface area (Å²) in [7, 11) is 1.81. The highest BCUT2D eigenvalue weighted by atomic mass is 32.2. The smallest absolute Gasteiger partial charge is 0.1000 e. The van der Waals surface area contributed by atoms with Crippen molar-refractivity contribution in [2.75, 3.05) is 32.8 Å². The average Bonchev–Trinajstić information content (AvgIpc) is 2.26. The lowest BCUT2D eigenvalue weighted by molar-refractivity contribution is 0.425. The molecule has 0 saturated heterocycles. The van der Waals surface area contributed by atoms with Crippen molar-refractivity contribution in [3.05, 3.63) is 35.9 Å². The molecule has 1 unspecified atom stereocenters. The molecule has 0 fully saturated rings. The van der Waals surface area contributed by atoms with Gasteiger partial charge in [0.05, 0.1) is 6.67 Å². The lowest BCUT2D eigenvalue weighted by Crippen LogP contribution is -2.15. The summed E-state index contributed by atoms with van der Waals surface area (Å²) in [6.07, 6.45) is 2.56. The molecule has 0 saturated carbocycles. The molecule has 0 heterocycles. The normalized spacial score (nSPS) is 14.8. The third kappa shape index (κ3) is 5.28. The molecule has 0 bridgehead atoms. The zero-order valence-electron chi connectivity index (χ0n) is 10.2. The van der Waals surface area contributed by atoms with Gasteiger partial charge in [0.25, 0.3) is 0 Å². The van der Waals surface area contributed by atoms with Gasteiger partial charge < -0.3 is 0 Å². The maximum absolute atomic E-state index is 12.1. The van der Waals surface area contributed by atoms with Crippen LogP contribution in [0.2, 0.25) is 0 Å². The van der Waals surface area contributed by atoms with Gasteiger partial charge in [-0.3, -0.25) is 4.90 Å². The molecule has 3 nitrogen and oxygen atoms in total. The average molecular weight is 240 g/mol. The van der Waals surface area contributed by atoms with Crippen molar-refractivity contribution < 1.29 is 4.21 Å². The van der Waals surface area contributed by atoms with Gasteiger partial charge in [0.15, 0.2) is 0 Å². The Morgan fingerprint density at radius 1 is 1.25 bits per heavy atom. The summed E-state index contributed by atoms with van der Waals surface area (Å²) < 4.78 is 16.3. The number of rotatable bonds is 5. The van der Waals surface area contributed by atoms with Crippen molar-refractivity contribution in [2.24, 2.45) is 4.36 Å². The van der Waals surface area contributed by atoms with Crippen LogP contribution in [0.3, 0.4) is 0 Å². The molecular formula is C12H20N2OS. The maximum atomic E-state index is 12.1. The molecule has 4 heteroatoms. The Morgan fingerprint density at radius 3 is 2.44 bits per heavy atom. The highest BCUT2D eigenvalue weighted by Gasteiger charge is 2.02. The summed E-state index contributed by atoms with van der Waals surface area (Å²) in [6, 6.07) is 10.1. The summed E-state index contributed by atoms with van der Waals surface area (Å²) in [5.74, 6) is 0.630. The Balaban J connectivity index is 2.54. The molecule has 16 heavy (non-hydrogen) atoms. The van der Waals surface area contributed by atoms with Gasteiger partial charge in [0, 0.05) is 21.7 Å². The van der Waals surface area contributed by atoms with Crippen LogP contribution in [0.4, 0.5) is 0 Å². The second-order valence-electron chi connectivity index (χ2n) is 4.25. The van der Waals surface area contributed by atoms with Gasteiger partial charge in [-0.25, -0.2) is 8.57 Å². The van der Waals surface area contributed by atoms with Crippen LogP contribution in [0.15, 0.2) is 34.7 Å². The number of hydrogen-bond donors (Lipinski definition) is 0. The quantitative estimate of drug-likeness (QED) is 0.787. The van der Waals surface area contributed by atoms with Gasteiger partial charge in [-0.05, 0) is 26.1 Å². The van der Waals surface area contributed by atoms with Crippen molar-refractivity contribution in [3.63, 3.8) is 0 Å². The molecule has 1 rings (SSSR count). The van der Waals surface area contributed by atoms with Gasteiger partial charge in [-0.15, -0.1) is 0 Å². The summed E-state index contributed by atoms with van der Waals surface area (Å²) in [6.45, 7) is 0.532. The first kappa shape index (κ1) is 13.2. The van der Waals surface area contributed by atoms with E-state index in [1.165, 1.54) is 5.56 Å². The molecule has 0 radical (unpaired) electrons. The molecule has 0 spiro atoms. The molecule has 0 aliphatic rings. The van der Waals surface area contributed by atoms with E-state index in [9.17, 15) is 4.21 Å². The summed E-state index contributed by atoms with van der Waals surface area (Å²) in [5.41, 5.74) is 1.22. The molecular weight excluding hydrogens is 220 g/mol. The Bertz CT molecular complexity index is 420.